The topological polar surface area (TPSA) is 61.4 Å². The van der Waals surface area contributed by atoms with E-state index in [9.17, 15) is 9.90 Å². The number of aryl methyl sites for hydroxylation is 1. The van der Waals surface area contributed by atoms with Crippen molar-refractivity contribution in [1.82, 2.24) is 10.6 Å². The molecule has 1 aromatic rings. The standard InChI is InChI=1S/C16H21ClN2O2/c17-12-4-5-13-11(9-12)3-6-14(13)18-15(21)19-16(10-20)7-1-2-8-16/h4-5,9,14,20H,1-3,6-8,10H2,(H2,18,19,21). The van der Waals surface area contributed by atoms with E-state index in [1.165, 1.54) is 5.56 Å². The molecule has 3 rings (SSSR count). The maximum absolute atomic E-state index is 12.2. The minimum atomic E-state index is -0.425. The van der Waals surface area contributed by atoms with Gasteiger partial charge in [0.05, 0.1) is 18.2 Å². The number of amides is 2. The van der Waals surface area contributed by atoms with E-state index in [4.69, 9.17) is 11.6 Å². The largest absolute Gasteiger partial charge is 0.394 e. The number of aliphatic hydroxyl groups is 1. The van der Waals surface area contributed by atoms with E-state index in [0.717, 1.165) is 49.1 Å². The lowest BCUT2D eigenvalue weighted by Crippen LogP contribution is -2.53. The molecule has 0 bridgehead atoms. The summed E-state index contributed by atoms with van der Waals surface area (Å²) in [6.07, 6.45) is 5.67. The van der Waals surface area contributed by atoms with Gasteiger partial charge in [0.2, 0.25) is 0 Å². The van der Waals surface area contributed by atoms with E-state index in [-0.39, 0.29) is 18.7 Å². The number of rotatable bonds is 3. The fourth-order valence-electron chi connectivity index (χ4n) is 3.55. The molecule has 2 aliphatic rings. The van der Waals surface area contributed by atoms with Crippen LogP contribution in [0, 0.1) is 0 Å². The van der Waals surface area contributed by atoms with Crippen LogP contribution in [0.2, 0.25) is 5.02 Å². The first-order valence-corrected chi connectivity index (χ1v) is 7.98. The van der Waals surface area contributed by atoms with Gasteiger partial charge in [0.15, 0.2) is 0 Å². The molecule has 0 aliphatic heterocycles. The molecule has 2 aliphatic carbocycles. The van der Waals surface area contributed by atoms with Gasteiger partial charge in [-0.3, -0.25) is 0 Å². The van der Waals surface area contributed by atoms with Crippen molar-refractivity contribution in [2.75, 3.05) is 6.61 Å². The summed E-state index contributed by atoms with van der Waals surface area (Å²) in [6.45, 7) is 0.0112. The minimum absolute atomic E-state index is 0.0112. The molecule has 1 unspecified atom stereocenters. The second-order valence-corrected chi connectivity index (χ2v) is 6.61. The average molecular weight is 309 g/mol. The molecule has 1 fully saturated rings. The average Bonchev–Trinajstić information content (AvgIpc) is 3.07. The zero-order valence-electron chi connectivity index (χ0n) is 12.0. The van der Waals surface area contributed by atoms with Crippen LogP contribution in [0.1, 0.15) is 49.3 Å². The fraction of sp³-hybridized carbons (Fsp3) is 0.562. The lowest BCUT2D eigenvalue weighted by atomic mass is 9.99. The molecule has 0 heterocycles. The third-order valence-corrected chi connectivity index (χ3v) is 4.97. The van der Waals surface area contributed by atoms with E-state index >= 15 is 0 Å². The van der Waals surface area contributed by atoms with Crippen LogP contribution in [-0.2, 0) is 6.42 Å². The second-order valence-electron chi connectivity index (χ2n) is 6.18. The van der Waals surface area contributed by atoms with Gasteiger partial charge in [-0.25, -0.2) is 4.79 Å². The molecule has 1 aromatic carbocycles. The van der Waals surface area contributed by atoms with E-state index in [0.29, 0.717) is 0 Å². The Hall–Kier alpha value is -1.26. The van der Waals surface area contributed by atoms with Crippen LogP contribution >= 0.6 is 11.6 Å². The highest BCUT2D eigenvalue weighted by molar-refractivity contribution is 6.30. The van der Waals surface area contributed by atoms with Crippen molar-refractivity contribution >= 4 is 17.6 Å². The number of benzene rings is 1. The van der Waals surface area contributed by atoms with Crippen LogP contribution in [0.15, 0.2) is 18.2 Å². The van der Waals surface area contributed by atoms with Crippen molar-refractivity contribution in [3.63, 3.8) is 0 Å². The summed E-state index contributed by atoms with van der Waals surface area (Å²) in [5.74, 6) is 0. The van der Waals surface area contributed by atoms with Gasteiger partial charge in [0.25, 0.3) is 0 Å². The van der Waals surface area contributed by atoms with Gasteiger partial charge < -0.3 is 15.7 Å². The first-order valence-electron chi connectivity index (χ1n) is 7.60. The Morgan fingerprint density at radius 3 is 2.86 bits per heavy atom. The molecule has 0 radical (unpaired) electrons. The van der Waals surface area contributed by atoms with Crippen LogP contribution in [0.3, 0.4) is 0 Å². The molecule has 1 saturated carbocycles. The van der Waals surface area contributed by atoms with Gasteiger partial charge in [-0.2, -0.15) is 0 Å². The monoisotopic (exact) mass is 308 g/mol. The summed E-state index contributed by atoms with van der Waals surface area (Å²) in [6, 6.07) is 5.69. The molecule has 0 aromatic heterocycles. The number of nitrogens with one attached hydrogen (secondary N) is 2. The summed E-state index contributed by atoms with van der Waals surface area (Å²) in [7, 11) is 0. The summed E-state index contributed by atoms with van der Waals surface area (Å²) >= 11 is 6.00. The van der Waals surface area contributed by atoms with Gasteiger partial charge >= 0.3 is 6.03 Å². The van der Waals surface area contributed by atoms with Crippen molar-refractivity contribution in [2.45, 2.75) is 50.1 Å². The minimum Gasteiger partial charge on any atom is -0.394 e. The second kappa shape index (κ2) is 5.85. The highest BCUT2D eigenvalue weighted by Gasteiger charge is 2.35. The Labute approximate surface area is 129 Å². The first kappa shape index (κ1) is 14.7. The molecule has 114 valence electrons. The molecular weight excluding hydrogens is 288 g/mol. The molecule has 3 N–H and O–H groups in total. The predicted octanol–water partition coefficient (Wildman–Crippen LogP) is 2.93. The predicted molar refractivity (Wildman–Crippen MR) is 82.5 cm³/mol. The maximum Gasteiger partial charge on any atom is 0.315 e. The Balaban J connectivity index is 1.64. The van der Waals surface area contributed by atoms with Crippen LogP contribution in [-0.4, -0.2) is 23.3 Å². The molecule has 4 nitrogen and oxygen atoms in total. The van der Waals surface area contributed by atoms with Gasteiger partial charge in [-0.05, 0) is 48.9 Å². The first-order chi connectivity index (χ1) is 10.1. The number of halogens is 1. The molecule has 0 spiro atoms. The highest BCUT2D eigenvalue weighted by atomic mass is 35.5. The van der Waals surface area contributed by atoms with E-state index < -0.39 is 5.54 Å². The third kappa shape index (κ3) is 3.01. The number of aliphatic hydroxyl groups excluding tert-OH is 1. The van der Waals surface area contributed by atoms with Crippen LogP contribution in [0.4, 0.5) is 4.79 Å². The molecule has 2 amide bonds. The van der Waals surface area contributed by atoms with E-state index in [2.05, 4.69) is 10.6 Å². The summed E-state index contributed by atoms with van der Waals surface area (Å²) in [5, 5.41) is 16.3. The Bertz CT molecular complexity index is 541. The number of carbonyl (C=O) groups excluding carboxylic acids is 1. The summed E-state index contributed by atoms with van der Waals surface area (Å²) in [4.78, 5) is 12.2. The van der Waals surface area contributed by atoms with Crippen molar-refractivity contribution < 1.29 is 9.90 Å². The molecule has 21 heavy (non-hydrogen) atoms. The van der Waals surface area contributed by atoms with E-state index in [1.54, 1.807) is 0 Å². The third-order valence-electron chi connectivity index (χ3n) is 4.73. The van der Waals surface area contributed by atoms with Crippen LogP contribution in [0.25, 0.3) is 0 Å². The van der Waals surface area contributed by atoms with Gasteiger partial charge in [-0.15, -0.1) is 0 Å². The Morgan fingerprint density at radius 2 is 2.14 bits per heavy atom. The smallest absolute Gasteiger partial charge is 0.315 e. The number of carbonyl (C=O) groups is 1. The van der Waals surface area contributed by atoms with Crippen molar-refractivity contribution in [3.8, 4) is 0 Å². The lowest BCUT2D eigenvalue weighted by Gasteiger charge is -2.29. The SMILES string of the molecule is O=C(NC1CCc2cc(Cl)ccc21)NC1(CO)CCCC1. The quantitative estimate of drug-likeness (QED) is 0.804. The lowest BCUT2D eigenvalue weighted by molar-refractivity contribution is 0.161. The molecule has 1 atom stereocenters. The number of fused-ring (bicyclic) bond motifs is 1. The van der Waals surface area contributed by atoms with Crippen LogP contribution in [0.5, 0.6) is 0 Å². The summed E-state index contributed by atoms with van der Waals surface area (Å²) in [5.41, 5.74) is 1.94. The van der Waals surface area contributed by atoms with Crippen molar-refractivity contribution in [2.24, 2.45) is 0 Å². The maximum atomic E-state index is 12.2. The molecule has 5 heteroatoms. The fourth-order valence-corrected chi connectivity index (χ4v) is 3.74. The van der Waals surface area contributed by atoms with Gasteiger partial charge in [0.1, 0.15) is 0 Å². The molecular formula is C16H21ClN2O2. The zero-order chi connectivity index (χ0) is 14.9. The van der Waals surface area contributed by atoms with Gasteiger partial charge in [-0.1, -0.05) is 30.5 Å². The number of urea groups is 1. The number of hydrogen-bond donors (Lipinski definition) is 3. The zero-order valence-corrected chi connectivity index (χ0v) is 12.7. The Kier molecular flexibility index (Phi) is 4.09. The van der Waals surface area contributed by atoms with Crippen molar-refractivity contribution in [1.29, 1.82) is 0 Å². The normalized spacial score (nSPS) is 22.9. The van der Waals surface area contributed by atoms with E-state index in [1.807, 2.05) is 18.2 Å². The van der Waals surface area contributed by atoms with Crippen molar-refractivity contribution in [3.05, 3.63) is 34.3 Å². The van der Waals surface area contributed by atoms with Crippen LogP contribution < -0.4 is 10.6 Å². The summed E-state index contributed by atoms with van der Waals surface area (Å²) < 4.78 is 0. The Morgan fingerprint density at radius 1 is 1.38 bits per heavy atom. The molecule has 0 saturated heterocycles. The highest BCUT2D eigenvalue weighted by Crippen LogP contribution is 2.33. The van der Waals surface area contributed by atoms with Gasteiger partial charge in [0, 0.05) is 5.02 Å². The number of hydrogen-bond acceptors (Lipinski definition) is 2.